The number of fused-ring (bicyclic) bond motifs is 3. The van der Waals surface area contributed by atoms with Crippen molar-refractivity contribution in [1.82, 2.24) is 19.4 Å². The number of aryl methyl sites for hydroxylation is 3. The van der Waals surface area contributed by atoms with Crippen molar-refractivity contribution in [2.75, 3.05) is 32.7 Å². The molecule has 0 amide bonds. The quantitative estimate of drug-likeness (QED) is 0.584. The molecule has 5 nitrogen and oxygen atoms in total. The van der Waals surface area contributed by atoms with Crippen LogP contribution in [0.15, 0.2) is 35.4 Å². The maximum absolute atomic E-state index is 13.3. The first-order valence-electron chi connectivity index (χ1n) is 11.3. The van der Waals surface area contributed by atoms with Crippen molar-refractivity contribution in [2.24, 2.45) is 0 Å². The van der Waals surface area contributed by atoms with Crippen molar-refractivity contribution in [3.05, 3.63) is 62.0 Å². The van der Waals surface area contributed by atoms with Crippen LogP contribution in [0.25, 0.3) is 10.2 Å². The van der Waals surface area contributed by atoms with E-state index < -0.39 is 0 Å². The number of likely N-dealkylation sites (N-methyl/N-ethyl adjacent to an activating group) is 1. The van der Waals surface area contributed by atoms with E-state index in [9.17, 15) is 4.79 Å². The van der Waals surface area contributed by atoms with Gasteiger partial charge in [0.1, 0.15) is 4.83 Å². The number of benzene rings is 1. The van der Waals surface area contributed by atoms with Gasteiger partial charge in [-0.2, -0.15) is 0 Å². The van der Waals surface area contributed by atoms with Crippen LogP contribution in [0.1, 0.15) is 29.3 Å². The second-order valence-corrected chi connectivity index (χ2v) is 10.1. The van der Waals surface area contributed by atoms with Gasteiger partial charge in [0.05, 0.1) is 11.7 Å². The molecule has 1 fully saturated rings. The Hall–Kier alpha value is -1.73. The zero-order valence-electron chi connectivity index (χ0n) is 18.0. The molecule has 1 aromatic carbocycles. The third-order valence-corrected chi connectivity index (χ3v) is 8.49. The zero-order chi connectivity index (χ0) is 21.4. The van der Waals surface area contributed by atoms with Crippen LogP contribution in [0.3, 0.4) is 0 Å². The summed E-state index contributed by atoms with van der Waals surface area (Å²) in [5, 5.41) is 1.61. The van der Waals surface area contributed by atoms with Gasteiger partial charge in [-0.05, 0) is 49.4 Å². The smallest absolute Gasteiger partial charge is 0.262 e. The molecular formula is C24H29ClN4OS. The van der Waals surface area contributed by atoms with Gasteiger partial charge in [0, 0.05) is 48.7 Å². The SMILES string of the molecule is CCN1CCN([C@@H]2CCc3c(sc4ncn(CCc5ccccc5Cl)c(=O)c34)C2)CC1. The molecule has 0 bridgehead atoms. The normalized spacial score (nSPS) is 20.3. The molecule has 0 N–H and O–H groups in total. The third kappa shape index (κ3) is 4.19. The lowest BCUT2D eigenvalue weighted by Crippen LogP contribution is -2.51. The largest absolute Gasteiger partial charge is 0.301 e. The molecule has 1 aliphatic carbocycles. The van der Waals surface area contributed by atoms with E-state index in [0.29, 0.717) is 12.6 Å². The number of hydrogen-bond donors (Lipinski definition) is 0. The van der Waals surface area contributed by atoms with E-state index in [0.717, 1.165) is 66.1 Å². The van der Waals surface area contributed by atoms with Gasteiger partial charge in [0.25, 0.3) is 5.56 Å². The number of piperazine rings is 1. The fourth-order valence-electron chi connectivity index (χ4n) is 5.04. The molecule has 5 rings (SSSR count). The van der Waals surface area contributed by atoms with Gasteiger partial charge in [0.2, 0.25) is 0 Å². The van der Waals surface area contributed by atoms with Gasteiger partial charge in [-0.15, -0.1) is 11.3 Å². The Balaban J connectivity index is 1.35. The van der Waals surface area contributed by atoms with Crippen LogP contribution in [0, 0.1) is 0 Å². The van der Waals surface area contributed by atoms with Crippen molar-refractivity contribution in [3.63, 3.8) is 0 Å². The van der Waals surface area contributed by atoms with Crippen LogP contribution in [0.5, 0.6) is 0 Å². The Morgan fingerprint density at radius 3 is 2.77 bits per heavy atom. The van der Waals surface area contributed by atoms with Crippen LogP contribution in [-0.4, -0.2) is 58.1 Å². The number of aromatic nitrogens is 2. The van der Waals surface area contributed by atoms with Gasteiger partial charge in [-0.25, -0.2) is 4.98 Å². The van der Waals surface area contributed by atoms with Crippen molar-refractivity contribution in [1.29, 1.82) is 0 Å². The highest BCUT2D eigenvalue weighted by molar-refractivity contribution is 7.18. The lowest BCUT2D eigenvalue weighted by atomic mass is 9.91. The first-order valence-corrected chi connectivity index (χ1v) is 12.5. The van der Waals surface area contributed by atoms with Crippen molar-refractivity contribution >= 4 is 33.2 Å². The van der Waals surface area contributed by atoms with Crippen LogP contribution in [-0.2, 0) is 25.8 Å². The van der Waals surface area contributed by atoms with E-state index in [1.54, 1.807) is 22.2 Å². The molecule has 3 heterocycles. The molecule has 0 spiro atoms. The van der Waals surface area contributed by atoms with Crippen LogP contribution in [0.2, 0.25) is 5.02 Å². The average molecular weight is 457 g/mol. The summed E-state index contributed by atoms with van der Waals surface area (Å²) in [5.41, 5.74) is 2.42. The van der Waals surface area contributed by atoms with E-state index in [1.165, 1.54) is 23.5 Å². The Bertz CT molecular complexity index is 1130. The molecule has 1 saturated heterocycles. The summed E-state index contributed by atoms with van der Waals surface area (Å²) in [5.74, 6) is 0. The molecule has 7 heteroatoms. The van der Waals surface area contributed by atoms with E-state index in [1.807, 2.05) is 24.3 Å². The van der Waals surface area contributed by atoms with E-state index in [4.69, 9.17) is 11.6 Å². The minimum atomic E-state index is 0.101. The lowest BCUT2D eigenvalue weighted by Gasteiger charge is -2.40. The van der Waals surface area contributed by atoms with Crippen molar-refractivity contribution in [3.8, 4) is 0 Å². The molecule has 2 aromatic heterocycles. The van der Waals surface area contributed by atoms with E-state index in [2.05, 4.69) is 21.7 Å². The van der Waals surface area contributed by atoms with E-state index >= 15 is 0 Å². The molecule has 31 heavy (non-hydrogen) atoms. The first-order chi connectivity index (χ1) is 15.1. The van der Waals surface area contributed by atoms with Gasteiger partial charge in [0.15, 0.2) is 0 Å². The summed E-state index contributed by atoms with van der Waals surface area (Å²) < 4.78 is 1.76. The molecule has 1 atom stereocenters. The number of hydrogen-bond acceptors (Lipinski definition) is 5. The molecule has 164 valence electrons. The fourth-order valence-corrected chi connectivity index (χ4v) is 6.52. The summed E-state index contributed by atoms with van der Waals surface area (Å²) in [6.45, 7) is 8.65. The van der Waals surface area contributed by atoms with Crippen LogP contribution >= 0.6 is 22.9 Å². The molecule has 0 saturated carbocycles. The second-order valence-electron chi connectivity index (χ2n) is 8.64. The molecule has 2 aliphatic rings. The molecule has 1 aliphatic heterocycles. The molecule has 3 aromatic rings. The number of nitrogens with zero attached hydrogens (tertiary/aromatic N) is 4. The van der Waals surface area contributed by atoms with Gasteiger partial charge in [-0.1, -0.05) is 36.7 Å². The predicted molar refractivity (Wildman–Crippen MR) is 129 cm³/mol. The molecule has 0 radical (unpaired) electrons. The maximum atomic E-state index is 13.3. The lowest BCUT2D eigenvalue weighted by molar-refractivity contribution is 0.0932. The van der Waals surface area contributed by atoms with Gasteiger partial charge < -0.3 is 4.90 Å². The molecule has 0 unspecified atom stereocenters. The Morgan fingerprint density at radius 2 is 2.00 bits per heavy atom. The predicted octanol–water partition coefficient (Wildman–Crippen LogP) is 3.85. The highest BCUT2D eigenvalue weighted by Gasteiger charge is 2.30. The van der Waals surface area contributed by atoms with Gasteiger partial charge >= 0.3 is 0 Å². The summed E-state index contributed by atoms with van der Waals surface area (Å²) in [4.78, 5) is 25.4. The summed E-state index contributed by atoms with van der Waals surface area (Å²) in [6, 6.07) is 8.43. The Kier molecular flexibility index (Phi) is 6.15. The third-order valence-electron chi connectivity index (χ3n) is 6.96. The van der Waals surface area contributed by atoms with Gasteiger partial charge in [-0.3, -0.25) is 14.3 Å². The summed E-state index contributed by atoms with van der Waals surface area (Å²) in [7, 11) is 0. The number of halogens is 1. The van der Waals surface area contributed by atoms with Crippen LogP contribution in [0.4, 0.5) is 0 Å². The Morgan fingerprint density at radius 1 is 1.19 bits per heavy atom. The van der Waals surface area contributed by atoms with Crippen LogP contribution < -0.4 is 5.56 Å². The van der Waals surface area contributed by atoms with Crippen molar-refractivity contribution in [2.45, 2.75) is 45.2 Å². The minimum absolute atomic E-state index is 0.101. The van der Waals surface area contributed by atoms with E-state index in [-0.39, 0.29) is 5.56 Å². The standard InChI is InChI=1S/C24H29ClN4OS/c1-2-27-11-13-28(14-12-27)18-7-8-19-21(15-18)31-23-22(19)24(30)29(16-26-23)10-9-17-5-3-4-6-20(17)25/h3-6,16,18H,2,7-15H2,1H3/t18-/m1/s1. The number of rotatable bonds is 5. The highest BCUT2D eigenvalue weighted by Crippen LogP contribution is 2.35. The summed E-state index contributed by atoms with van der Waals surface area (Å²) >= 11 is 8.02. The average Bonchev–Trinajstić information content (AvgIpc) is 3.18. The Labute approximate surface area is 192 Å². The minimum Gasteiger partial charge on any atom is -0.301 e. The second kappa shape index (κ2) is 9.02. The zero-order valence-corrected chi connectivity index (χ0v) is 19.6. The molecular weight excluding hydrogens is 428 g/mol. The number of thiophene rings is 1. The topological polar surface area (TPSA) is 41.4 Å². The highest BCUT2D eigenvalue weighted by atomic mass is 35.5. The summed E-state index contributed by atoms with van der Waals surface area (Å²) in [6.07, 6.45) is 5.62. The maximum Gasteiger partial charge on any atom is 0.262 e. The fraction of sp³-hybridized carbons (Fsp3) is 0.500. The first kappa shape index (κ1) is 21.1. The monoisotopic (exact) mass is 456 g/mol. The van der Waals surface area contributed by atoms with Crippen molar-refractivity contribution < 1.29 is 0 Å².